The van der Waals surface area contributed by atoms with Gasteiger partial charge >= 0.3 is 5.97 Å². The maximum Gasteiger partial charge on any atom is 0.345 e. The molecular formula is C11H7N3O3S2. The third-order valence-corrected chi connectivity index (χ3v) is 4.34. The van der Waals surface area contributed by atoms with Crippen LogP contribution in [0.25, 0.3) is 10.2 Å². The molecule has 0 aliphatic carbocycles. The maximum atomic E-state index is 11.9. The summed E-state index contributed by atoms with van der Waals surface area (Å²) in [5, 5.41) is 20.7. The first-order chi connectivity index (χ1) is 9.15. The maximum absolute atomic E-state index is 11.9. The van der Waals surface area contributed by atoms with E-state index in [0.717, 1.165) is 11.3 Å². The first kappa shape index (κ1) is 11.9. The number of aromatic nitrogens is 2. The first-order valence-corrected chi connectivity index (χ1v) is 6.91. The molecule has 0 aromatic carbocycles. The van der Waals surface area contributed by atoms with Crippen LogP contribution in [-0.4, -0.2) is 27.2 Å². The molecule has 0 saturated heterocycles. The zero-order chi connectivity index (χ0) is 13.4. The lowest BCUT2D eigenvalue weighted by Gasteiger charge is -1.98. The Hall–Kier alpha value is -2.19. The molecule has 0 atom stereocenters. The predicted molar refractivity (Wildman–Crippen MR) is 73.2 cm³/mol. The number of carbonyl (C=O) groups excluding carboxylic acids is 1. The lowest BCUT2D eigenvalue weighted by Crippen LogP contribution is -2.10. The van der Waals surface area contributed by atoms with E-state index in [9.17, 15) is 9.59 Å². The number of carbonyl (C=O) groups is 2. The molecule has 0 spiro atoms. The summed E-state index contributed by atoms with van der Waals surface area (Å²) in [4.78, 5) is 24.2. The van der Waals surface area contributed by atoms with E-state index < -0.39 is 5.97 Å². The molecule has 0 saturated carbocycles. The van der Waals surface area contributed by atoms with E-state index in [1.54, 1.807) is 12.1 Å². The lowest BCUT2D eigenvalue weighted by molar-refractivity contribution is 0.0702. The Bertz CT molecular complexity index is 757. The van der Waals surface area contributed by atoms with Crippen LogP contribution in [-0.2, 0) is 0 Å². The largest absolute Gasteiger partial charge is 0.477 e. The Morgan fingerprint density at radius 3 is 2.89 bits per heavy atom. The number of hydrogen-bond donors (Lipinski definition) is 3. The summed E-state index contributed by atoms with van der Waals surface area (Å²) in [5.41, 5.74) is 0. The number of carboxylic acid groups (broad SMARTS) is 1. The third-order valence-electron chi connectivity index (χ3n) is 2.44. The minimum Gasteiger partial charge on any atom is -0.477 e. The van der Waals surface area contributed by atoms with Crippen LogP contribution in [0, 0.1) is 0 Å². The van der Waals surface area contributed by atoms with Crippen molar-refractivity contribution in [2.24, 2.45) is 0 Å². The van der Waals surface area contributed by atoms with Crippen molar-refractivity contribution in [1.82, 2.24) is 10.2 Å². The fraction of sp³-hybridized carbons (Fsp3) is 0. The highest BCUT2D eigenvalue weighted by molar-refractivity contribution is 7.20. The number of aromatic amines is 1. The van der Waals surface area contributed by atoms with Crippen molar-refractivity contribution < 1.29 is 14.7 Å². The molecule has 3 heterocycles. The molecule has 6 nitrogen and oxygen atoms in total. The highest BCUT2D eigenvalue weighted by atomic mass is 32.1. The molecule has 0 bridgehead atoms. The van der Waals surface area contributed by atoms with Gasteiger partial charge in [0.05, 0.1) is 10.3 Å². The van der Waals surface area contributed by atoms with Crippen LogP contribution in [0.15, 0.2) is 23.6 Å². The molecule has 3 N–H and O–H groups in total. The second kappa shape index (κ2) is 4.48. The number of amides is 1. The van der Waals surface area contributed by atoms with Gasteiger partial charge in [-0.2, -0.15) is 5.10 Å². The molecule has 0 radical (unpaired) electrons. The van der Waals surface area contributed by atoms with Crippen LogP contribution in [0.1, 0.15) is 19.3 Å². The number of fused-ring (bicyclic) bond motifs is 1. The number of nitrogens with zero attached hydrogens (tertiary/aromatic N) is 1. The highest BCUT2D eigenvalue weighted by Crippen LogP contribution is 2.29. The number of H-pyrrole nitrogens is 1. The standard InChI is InChI=1S/C11H7N3O3S2/c15-9(6-2-1-3-18-6)12-8-5-4-7(11(16)17)19-10(5)14-13-8/h1-4H,(H,16,17)(H2,12,13,14,15). The van der Waals surface area contributed by atoms with Gasteiger partial charge in [-0.25, -0.2) is 4.79 Å². The van der Waals surface area contributed by atoms with Crippen molar-refractivity contribution in [2.45, 2.75) is 0 Å². The number of nitrogens with one attached hydrogen (secondary N) is 2. The van der Waals surface area contributed by atoms with E-state index in [1.165, 1.54) is 17.4 Å². The molecular weight excluding hydrogens is 286 g/mol. The molecule has 3 aromatic rings. The number of rotatable bonds is 3. The molecule has 19 heavy (non-hydrogen) atoms. The zero-order valence-corrected chi connectivity index (χ0v) is 11.0. The van der Waals surface area contributed by atoms with Gasteiger partial charge < -0.3 is 10.4 Å². The minimum atomic E-state index is -0.995. The summed E-state index contributed by atoms with van der Waals surface area (Å²) >= 11 is 2.41. The van der Waals surface area contributed by atoms with Crippen molar-refractivity contribution in [1.29, 1.82) is 0 Å². The summed E-state index contributed by atoms with van der Waals surface area (Å²) in [5.74, 6) is -0.909. The molecule has 0 aliphatic rings. The molecule has 0 aliphatic heterocycles. The fourth-order valence-electron chi connectivity index (χ4n) is 1.59. The topological polar surface area (TPSA) is 95.1 Å². The van der Waals surface area contributed by atoms with Crippen molar-refractivity contribution in [3.63, 3.8) is 0 Å². The molecule has 3 rings (SSSR count). The molecule has 96 valence electrons. The van der Waals surface area contributed by atoms with E-state index in [1.807, 2.05) is 5.38 Å². The van der Waals surface area contributed by atoms with Crippen LogP contribution >= 0.6 is 22.7 Å². The SMILES string of the molecule is O=C(O)c1cc2c(NC(=O)c3cccs3)n[nH]c2s1. The van der Waals surface area contributed by atoms with Gasteiger partial charge in [0.25, 0.3) is 5.91 Å². The Balaban J connectivity index is 1.93. The van der Waals surface area contributed by atoms with Crippen LogP contribution in [0.5, 0.6) is 0 Å². The monoisotopic (exact) mass is 293 g/mol. The molecule has 0 unspecified atom stereocenters. The number of carboxylic acids is 1. The Morgan fingerprint density at radius 2 is 2.21 bits per heavy atom. The van der Waals surface area contributed by atoms with Crippen molar-refractivity contribution >= 4 is 50.6 Å². The van der Waals surface area contributed by atoms with Gasteiger partial charge in [-0.05, 0) is 17.5 Å². The summed E-state index contributed by atoms with van der Waals surface area (Å²) in [7, 11) is 0. The summed E-state index contributed by atoms with van der Waals surface area (Å²) in [6, 6.07) is 4.99. The number of hydrogen-bond acceptors (Lipinski definition) is 5. The van der Waals surface area contributed by atoms with Crippen molar-refractivity contribution in [2.75, 3.05) is 5.32 Å². The quantitative estimate of drug-likeness (QED) is 0.691. The van der Waals surface area contributed by atoms with E-state index >= 15 is 0 Å². The van der Waals surface area contributed by atoms with Gasteiger partial charge in [0, 0.05) is 0 Å². The average molecular weight is 293 g/mol. The number of anilines is 1. The smallest absolute Gasteiger partial charge is 0.345 e. The average Bonchev–Trinajstić information content (AvgIpc) is 3.05. The van der Waals surface area contributed by atoms with Crippen LogP contribution in [0.4, 0.5) is 5.82 Å². The highest BCUT2D eigenvalue weighted by Gasteiger charge is 2.16. The normalized spacial score (nSPS) is 10.7. The van der Waals surface area contributed by atoms with Crippen molar-refractivity contribution in [3.8, 4) is 0 Å². The molecule has 0 fully saturated rings. The third kappa shape index (κ3) is 2.11. The first-order valence-electron chi connectivity index (χ1n) is 5.21. The van der Waals surface area contributed by atoms with Gasteiger partial charge in [0.1, 0.15) is 9.71 Å². The zero-order valence-electron chi connectivity index (χ0n) is 9.34. The summed E-state index contributed by atoms with van der Waals surface area (Å²) in [6.45, 7) is 0. The second-order valence-corrected chi connectivity index (χ2v) is 5.66. The van der Waals surface area contributed by atoms with Crippen LogP contribution in [0.3, 0.4) is 0 Å². The van der Waals surface area contributed by atoms with Crippen LogP contribution < -0.4 is 5.32 Å². The van der Waals surface area contributed by atoms with E-state index in [-0.39, 0.29) is 10.8 Å². The van der Waals surface area contributed by atoms with Crippen molar-refractivity contribution in [3.05, 3.63) is 33.3 Å². The van der Waals surface area contributed by atoms with E-state index in [2.05, 4.69) is 15.5 Å². The number of aromatic carboxylic acids is 1. The van der Waals surface area contributed by atoms with Crippen LogP contribution in [0.2, 0.25) is 0 Å². The molecule has 8 heteroatoms. The van der Waals surface area contributed by atoms with E-state index in [4.69, 9.17) is 5.11 Å². The summed E-state index contributed by atoms with van der Waals surface area (Å²) in [6.07, 6.45) is 0. The predicted octanol–water partition coefficient (Wildman–Crippen LogP) is 2.64. The fourth-order valence-corrected chi connectivity index (χ4v) is 3.05. The Labute approximate surface area is 114 Å². The lowest BCUT2D eigenvalue weighted by atomic mass is 10.3. The van der Waals surface area contributed by atoms with Gasteiger partial charge in [0.2, 0.25) is 0 Å². The van der Waals surface area contributed by atoms with Gasteiger partial charge in [0.15, 0.2) is 5.82 Å². The molecule has 3 aromatic heterocycles. The second-order valence-electron chi connectivity index (χ2n) is 3.66. The molecule has 1 amide bonds. The Morgan fingerprint density at radius 1 is 1.37 bits per heavy atom. The minimum absolute atomic E-state index is 0.204. The summed E-state index contributed by atoms with van der Waals surface area (Å²) < 4.78 is 0. The van der Waals surface area contributed by atoms with Gasteiger partial charge in [-0.15, -0.1) is 22.7 Å². The van der Waals surface area contributed by atoms with Gasteiger partial charge in [-0.3, -0.25) is 9.89 Å². The number of thiophene rings is 2. The van der Waals surface area contributed by atoms with Gasteiger partial charge in [-0.1, -0.05) is 6.07 Å². The Kier molecular flexibility index (Phi) is 2.80. The van der Waals surface area contributed by atoms with E-state index in [0.29, 0.717) is 20.9 Å².